The quantitative estimate of drug-likeness (QED) is 0.930. The molecule has 0 saturated carbocycles. The van der Waals surface area contributed by atoms with Crippen molar-refractivity contribution in [1.82, 2.24) is 9.88 Å². The molecule has 1 amide bonds. The molecule has 20 heavy (non-hydrogen) atoms. The number of carbonyl (C=O) groups is 1. The van der Waals surface area contributed by atoms with E-state index in [4.69, 9.17) is 4.74 Å². The number of amides is 1. The second-order valence-electron chi connectivity index (χ2n) is 5.31. The van der Waals surface area contributed by atoms with Crippen LogP contribution < -0.4 is 4.74 Å². The zero-order valence-electron chi connectivity index (χ0n) is 11.8. The Morgan fingerprint density at radius 3 is 3.05 bits per heavy atom. The fourth-order valence-electron chi connectivity index (χ4n) is 2.85. The van der Waals surface area contributed by atoms with Gasteiger partial charge in [0, 0.05) is 42.7 Å². The number of methoxy groups -OCH3 is 1. The molecular formula is C16H20N2O2. The van der Waals surface area contributed by atoms with E-state index < -0.39 is 0 Å². The van der Waals surface area contributed by atoms with E-state index in [1.54, 1.807) is 7.11 Å². The normalized spacial score (nSPS) is 15.8. The van der Waals surface area contributed by atoms with E-state index in [-0.39, 0.29) is 0 Å². The Kier molecular flexibility index (Phi) is 3.63. The van der Waals surface area contributed by atoms with Crippen LogP contribution >= 0.6 is 0 Å². The van der Waals surface area contributed by atoms with Gasteiger partial charge in [0.15, 0.2) is 0 Å². The van der Waals surface area contributed by atoms with Crippen molar-refractivity contribution in [2.75, 3.05) is 20.2 Å². The number of likely N-dealkylation sites (tertiary alicyclic amines) is 1. The number of aromatic nitrogens is 1. The monoisotopic (exact) mass is 272 g/mol. The maximum atomic E-state index is 11.8. The number of hydrogen-bond acceptors (Lipinski definition) is 2. The first-order valence-electron chi connectivity index (χ1n) is 7.20. The minimum Gasteiger partial charge on any atom is -0.497 e. The molecule has 0 unspecified atom stereocenters. The van der Waals surface area contributed by atoms with E-state index >= 15 is 0 Å². The standard InChI is InChI=1S/C16H20N2O2/c1-20-13-5-6-14-12(11-17-15(14)10-13)7-9-18-8-3-2-4-16(18)19/h5-6,10-11,17H,2-4,7-9H2,1H3. The maximum absolute atomic E-state index is 11.8. The summed E-state index contributed by atoms with van der Waals surface area (Å²) in [5.74, 6) is 1.16. The van der Waals surface area contributed by atoms with Gasteiger partial charge in [-0.25, -0.2) is 0 Å². The first-order valence-corrected chi connectivity index (χ1v) is 7.20. The smallest absolute Gasteiger partial charge is 0.222 e. The Bertz CT molecular complexity index is 618. The van der Waals surface area contributed by atoms with E-state index in [9.17, 15) is 4.79 Å². The third-order valence-electron chi connectivity index (χ3n) is 4.05. The molecule has 2 heterocycles. The van der Waals surface area contributed by atoms with E-state index in [2.05, 4.69) is 11.1 Å². The van der Waals surface area contributed by atoms with Gasteiger partial charge in [0.1, 0.15) is 5.75 Å². The topological polar surface area (TPSA) is 45.3 Å². The number of hydrogen-bond donors (Lipinski definition) is 1. The average Bonchev–Trinajstić information content (AvgIpc) is 2.88. The number of fused-ring (bicyclic) bond motifs is 1. The van der Waals surface area contributed by atoms with Gasteiger partial charge in [0.2, 0.25) is 5.91 Å². The molecule has 106 valence electrons. The van der Waals surface area contributed by atoms with E-state index in [1.165, 1.54) is 10.9 Å². The number of H-pyrrole nitrogens is 1. The van der Waals surface area contributed by atoms with Crippen molar-refractivity contribution in [1.29, 1.82) is 0 Å². The highest BCUT2D eigenvalue weighted by atomic mass is 16.5. The van der Waals surface area contributed by atoms with Crippen LogP contribution in [0.25, 0.3) is 10.9 Å². The van der Waals surface area contributed by atoms with Gasteiger partial charge in [0.05, 0.1) is 7.11 Å². The summed E-state index contributed by atoms with van der Waals surface area (Å²) in [5.41, 5.74) is 2.35. The molecule has 0 atom stereocenters. The fraction of sp³-hybridized carbons (Fsp3) is 0.438. The molecule has 3 rings (SSSR count). The lowest BCUT2D eigenvalue weighted by atomic mass is 10.1. The summed E-state index contributed by atoms with van der Waals surface area (Å²) >= 11 is 0. The van der Waals surface area contributed by atoms with Crippen LogP contribution in [-0.4, -0.2) is 36.0 Å². The van der Waals surface area contributed by atoms with Gasteiger partial charge < -0.3 is 14.6 Å². The summed E-state index contributed by atoms with van der Waals surface area (Å²) in [5, 5.41) is 1.22. The predicted octanol–water partition coefficient (Wildman–Crippen LogP) is 2.73. The SMILES string of the molecule is COc1ccc2c(CCN3CCCCC3=O)c[nH]c2c1. The van der Waals surface area contributed by atoms with Crippen molar-refractivity contribution >= 4 is 16.8 Å². The third-order valence-corrected chi connectivity index (χ3v) is 4.05. The van der Waals surface area contributed by atoms with Gasteiger partial charge in [-0.3, -0.25) is 4.79 Å². The largest absolute Gasteiger partial charge is 0.497 e. The van der Waals surface area contributed by atoms with E-state index in [1.807, 2.05) is 23.2 Å². The Morgan fingerprint density at radius 1 is 1.35 bits per heavy atom. The van der Waals surface area contributed by atoms with Crippen molar-refractivity contribution in [2.24, 2.45) is 0 Å². The molecule has 2 aromatic rings. The van der Waals surface area contributed by atoms with Crippen LogP contribution in [0.3, 0.4) is 0 Å². The summed E-state index contributed by atoms with van der Waals surface area (Å²) in [6, 6.07) is 6.06. The second-order valence-corrected chi connectivity index (χ2v) is 5.31. The molecule has 4 heteroatoms. The lowest BCUT2D eigenvalue weighted by molar-refractivity contribution is -0.133. The molecule has 1 saturated heterocycles. The predicted molar refractivity (Wildman–Crippen MR) is 79.0 cm³/mol. The van der Waals surface area contributed by atoms with Gasteiger partial charge in [0.25, 0.3) is 0 Å². The van der Waals surface area contributed by atoms with Gasteiger partial charge in [-0.05, 0) is 37.0 Å². The van der Waals surface area contributed by atoms with Crippen LogP contribution in [0, 0.1) is 0 Å². The van der Waals surface area contributed by atoms with Gasteiger partial charge in [-0.1, -0.05) is 0 Å². The van der Waals surface area contributed by atoms with Crippen molar-refractivity contribution in [2.45, 2.75) is 25.7 Å². The summed E-state index contributed by atoms with van der Waals surface area (Å²) in [6.45, 7) is 1.73. The van der Waals surface area contributed by atoms with Gasteiger partial charge >= 0.3 is 0 Å². The van der Waals surface area contributed by atoms with Crippen LogP contribution in [0.5, 0.6) is 5.75 Å². The summed E-state index contributed by atoms with van der Waals surface area (Å²) in [7, 11) is 1.67. The maximum Gasteiger partial charge on any atom is 0.222 e. The minimum absolute atomic E-state index is 0.303. The molecule has 1 aromatic carbocycles. The molecule has 1 aliphatic heterocycles. The average molecular weight is 272 g/mol. The molecular weight excluding hydrogens is 252 g/mol. The number of rotatable bonds is 4. The molecule has 1 aromatic heterocycles. The van der Waals surface area contributed by atoms with Crippen LogP contribution in [0.2, 0.25) is 0 Å². The zero-order chi connectivity index (χ0) is 13.9. The molecule has 1 N–H and O–H groups in total. The zero-order valence-corrected chi connectivity index (χ0v) is 11.8. The summed E-state index contributed by atoms with van der Waals surface area (Å²) < 4.78 is 5.23. The van der Waals surface area contributed by atoms with Crippen LogP contribution in [0.4, 0.5) is 0 Å². The van der Waals surface area contributed by atoms with Crippen molar-refractivity contribution in [3.63, 3.8) is 0 Å². The molecule has 1 aliphatic rings. The molecule has 0 bridgehead atoms. The summed E-state index contributed by atoms with van der Waals surface area (Å²) in [6.07, 6.45) is 5.83. The first kappa shape index (κ1) is 13.0. The number of nitrogens with zero attached hydrogens (tertiary/aromatic N) is 1. The van der Waals surface area contributed by atoms with Crippen LogP contribution in [0.15, 0.2) is 24.4 Å². The molecule has 0 spiro atoms. The molecule has 0 aliphatic carbocycles. The van der Waals surface area contributed by atoms with Crippen molar-refractivity contribution in [3.05, 3.63) is 30.0 Å². The highest BCUT2D eigenvalue weighted by molar-refractivity contribution is 5.84. The van der Waals surface area contributed by atoms with Crippen LogP contribution in [-0.2, 0) is 11.2 Å². The molecule has 0 radical (unpaired) electrons. The third kappa shape index (κ3) is 2.50. The number of piperidine rings is 1. The lowest BCUT2D eigenvalue weighted by Crippen LogP contribution is -2.36. The number of benzene rings is 1. The number of nitrogens with one attached hydrogen (secondary N) is 1. The highest BCUT2D eigenvalue weighted by Crippen LogP contribution is 2.24. The Balaban J connectivity index is 1.72. The minimum atomic E-state index is 0.303. The Hall–Kier alpha value is -1.97. The van der Waals surface area contributed by atoms with E-state index in [0.29, 0.717) is 12.3 Å². The molecule has 1 fully saturated rings. The second kappa shape index (κ2) is 5.57. The van der Waals surface area contributed by atoms with Gasteiger partial charge in [-0.15, -0.1) is 0 Å². The van der Waals surface area contributed by atoms with E-state index in [0.717, 1.165) is 43.6 Å². The Morgan fingerprint density at radius 2 is 2.25 bits per heavy atom. The lowest BCUT2D eigenvalue weighted by Gasteiger charge is -2.26. The molecule has 4 nitrogen and oxygen atoms in total. The summed E-state index contributed by atoms with van der Waals surface area (Å²) in [4.78, 5) is 17.1. The van der Waals surface area contributed by atoms with Crippen LogP contribution in [0.1, 0.15) is 24.8 Å². The van der Waals surface area contributed by atoms with Gasteiger partial charge in [-0.2, -0.15) is 0 Å². The number of aromatic amines is 1. The van der Waals surface area contributed by atoms with Crippen molar-refractivity contribution < 1.29 is 9.53 Å². The highest BCUT2D eigenvalue weighted by Gasteiger charge is 2.17. The number of carbonyl (C=O) groups excluding carboxylic acids is 1. The first-order chi connectivity index (χ1) is 9.78. The van der Waals surface area contributed by atoms with Crippen molar-refractivity contribution in [3.8, 4) is 5.75 Å². The number of ether oxygens (including phenoxy) is 1. The fourth-order valence-corrected chi connectivity index (χ4v) is 2.85. The Labute approximate surface area is 118 Å².